The van der Waals surface area contributed by atoms with Crippen molar-refractivity contribution in [2.75, 3.05) is 31.9 Å². The molecule has 8 heteroatoms. The third-order valence-corrected chi connectivity index (χ3v) is 4.70. The van der Waals surface area contributed by atoms with Gasteiger partial charge >= 0.3 is 0 Å². The first kappa shape index (κ1) is 20.1. The Bertz CT molecular complexity index is 1220. The van der Waals surface area contributed by atoms with Gasteiger partial charge in [-0.3, -0.25) is 4.79 Å². The minimum atomic E-state index is -0.276. The summed E-state index contributed by atoms with van der Waals surface area (Å²) in [6.45, 7) is -0.149. The average Bonchev–Trinajstić information content (AvgIpc) is 3.23. The number of carbonyl (C=O) groups excluding carboxylic acids is 1. The van der Waals surface area contributed by atoms with Crippen molar-refractivity contribution < 1.29 is 19.0 Å². The summed E-state index contributed by atoms with van der Waals surface area (Å²) in [4.78, 5) is 16.9. The number of carbonyl (C=O) groups is 1. The SMILES string of the molecule is COc1ccc(NC(=O)COc2cccn3cc(-c4ccc(OC)c(N)c4)nc23)cc1. The first-order valence-corrected chi connectivity index (χ1v) is 9.55. The number of hydrogen-bond donors (Lipinski definition) is 2. The van der Waals surface area contributed by atoms with E-state index in [0.717, 1.165) is 17.0 Å². The van der Waals surface area contributed by atoms with Crippen molar-refractivity contribution in [3.05, 3.63) is 67.0 Å². The maximum Gasteiger partial charge on any atom is 0.262 e. The lowest BCUT2D eigenvalue weighted by Gasteiger charge is -2.08. The van der Waals surface area contributed by atoms with Gasteiger partial charge in [0.15, 0.2) is 18.0 Å². The number of imidazole rings is 1. The van der Waals surface area contributed by atoms with Gasteiger partial charge in [0.1, 0.15) is 11.5 Å². The molecule has 0 aliphatic carbocycles. The number of hydrogen-bond acceptors (Lipinski definition) is 6. The Balaban J connectivity index is 1.49. The standard InChI is InChI=1S/C23H22N4O4/c1-29-17-8-6-16(7-9-17)25-22(28)14-31-21-4-3-11-27-13-19(26-23(21)27)15-5-10-20(30-2)18(24)12-15/h3-13H,14,24H2,1-2H3,(H,25,28). The van der Waals surface area contributed by atoms with Gasteiger partial charge in [-0.2, -0.15) is 0 Å². The number of rotatable bonds is 7. The van der Waals surface area contributed by atoms with Crippen molar-refractivity contribution >= 4 is 22.9 Å². The molecule has 0 spiro atoms. The summed E-state index contributed by atoms with van der Waals surface area (Å²) >= 11 is 0. The van der Waals surface area contributed by atoms with Crippen molar-refractivity contribution in [2.45, 2.75) is 0 Å². The molecule has 4 aromatic rings. The summed E-state index contributed by atoms with van der Waals surface area (Å²) in [6.07, 6.45) is 3.74. The molecule has 2 aromatic heterocycles. The van der Waals surface area contributed by atoms with Crippen LogP contribution in [-0.4, -0.2) is 36.1 Å². The van der Waals surface area contributed by atoms with Crippen LogP contribution in [-0.2, 0) is 4.79 Å². The van der Waals surface area contributed by atoms with Crippen LogP contribution in [0, 0.1) is 0 Å². The van der Waals surface area contributed by atoms with Gasteiger partial charge in [-0.25, -0.2) is 4.98 Å². The van der Waals surface area contributed by atoms with Gasteiger partial charge in [-0.1, -0.05) is 0 Å². The van der Waals surface area contributed by atoms with E-state index in [-0.39, 0.29) is 12.5 Å². The number of nitrogens with two attached hydrogens (primary N) is 1. The molecule has 0 saturated heterocycles. The van der Waals surface area contributed by atoms with Crippen molar-refractivity contribution in [1.82, 2.24) is 9.38 Å². The van der Waals surface area contributed by atoms with Crippen LogP contribution in [0.2, 0.25) is 0 Å². The zero-order valence-corrected chi connectivity index (χ0v) is 17.2. The highest BCUT2D eigenvalue weighted by Gasteiger charge is 2.12. The zero-order chi connectivity index (χ0) is 21.8. The second kappa shape index (κ2) is 8.66. The summed E-state index contributed by atoms with van der Waals surface area (Å²) in [5.74, 6) is 1.55. The number of methoxy groups -OCH3 is 2. The predicted octanol–water partition coefficient (Wildman–Crippen LogP) is 3.62. The number of fused-ring (bicyclic) bond motifs is 1. The van der Waals surface area contributed by atoms with Crippen LogP contribution in [0.4, 0.5) is 11.4 Å². The van der Waals surface area contributed by atoms with Crippen LogP contribution in [0.15, 0.2) is 67.0 Å². The molecule has 0 bridgehead atoms. The molecule has 0 saturated carbocycles. The van der Waals surface area contributed by atoms with Gasteiger partial charge in [0.05, 0.1) is 25.6 Å². The van der Waals surface area contributed by atoms with Crippen molar-refractivity contribution in [3.63, 3.8) is 0 Å². The van der Waals surface area contributed by atoms with E-state index in [9.17, 15) is 4.79 Å². The monoisotopic (exact) mass is 418 g/mol. The second-order valence-electron chi connectivity index (χ2n) is 6.75. The maximum absolute atomic E-state index is 12.3. The summed E-state index contributed by atoms with van der Waals surface area (Å²) in [5.41, 5.74) is 9.39. The lowest BCUT2D eigenvalue weighted by molar-refractivity contribution is -0.118. The van der Waals surface area contributed by atoms with Crippen LogP contribution in [0.5, 0.6) is 17.2 Å². The summed E-state index contributed by atoms with van der Waals surface area (Å²) in [7, 11) is 3.16. The quantitative estimate of drug-likeness (QED) is 0.445. The fraction of sp³-hybridized carbons (Fsp3) is 0.130. The smallest absolute Gasteiger partial charge is 0.262 e. The molecule has 158 valence electrons. The highest BCUT2D eigenvalue weighted by molar-refractivity contribution is 5.92. The van der Waals surface area contributed by atoms with Crippen molar-refractivity contribution in [3.8, 4) is 28.5 Å². The topological polar surface area (TPSA) is 100 Å². The molecule has 2 heterocycles. The molecule has 0 atom stereocenters. The highest BCUT2D eigenvalue weighted by Crippen LogP contribution is 2.29. The van der Waals surface area contributed by atoms with Crippen LogP contribution in [0.1, 0.15) is 0 Å². The molecule has 0 unspecified atom stereocenters. The van der Waals surface area contributed by atoms with E-state index in [1.54, 1.807) is 50.6 Å². The first-order valence-electron chi connectivity index (χ1n) is 9.55. The van der Waals surface area contributed by atoms with E-state index in [0.29, 0.717) is 28.5 Å². The fourth-order valence-corrected chi connectivity index (χ4v) is 3.15. The molecule has 0 aliphatic rings. The van der Waals surface area contributed by atoms with Gasteiger partial charge in [-0.05, 0) is 54.6 Å². The molecule has 0 fully saturated rings. The molecule has 0 aliphatic heterocycles. The molecule has 2 aromatic carbocycles. The molecular formula is C23H22N4O4. The number of nitrogens with zero attached hydrogens (tertiary/aromatic N) is 2. The highest BCUT2D eigenvalue weighted by atomic mass is 16.5. The number of ether oxygens (including phenoxy) is 3. The third-order valence-electron chi connectivity index (χ3n) is 4.70. The van der Waals surface area contributed by atoms with E-state index in [1.807, 2.05) is 35.0 Å². The Hall–Kier alpha value is -4.20. The lowest BCUT2D eigenvalue weighted by atomic mass is 10.1. The zero-order valence-electron chi connectivity index (χ0n) is 17.2. The van der Waals surface area contributed by atoms with Gasteiger partial charge in [0, 0.05) is 23.6 Å². The number of aromatic nitrogens is 2. The number of nitrogen functional groups attached to an aromatic ring is 1. The molecule has 4 rings (SSSR count). The summed E-state index contributed by atoms with van der Waals surface area (Å²) in [6, 6.07) is 16.2. The molecule has 1 amide bonds. The molecule has 0 radical (unpaired) electrons. The normalized spacial score (nSPS) is 10.6. The molecule has 3 N–H and O–H groups in total. The second-order valence-corrected chi connectivity index (χ2v) is 6.75. The van der Waals surface area contributed by atoms with E-state index >= 15 is 0 Å². The molecular weight excluding hydrogens is 396 g/mol. The van der Waals surface area contributed by atoms with Gasteiger partial charge in [-0.15, -0.1) is 0 Å². The fourth-order valence-electron chi connectivity index (χ4n) is 3.15. The number of amides is 1. The minimum absolute atomic E-state index is 0.149. The summed E-state index contributed by atoms with van der Waals surface area (Å²) < 4.78 is 17.9. The first-order chi connectivity index (χ1) is 15.1. The van der Waals surface area contributed by atoms with E-state index < -0.39 is 0 Å². The van der Waals surface area contributed by atoms with Crippen LogP contribution >= 0.6 is 0 Å². The average molecular weight is 418 g/mol. The number of nitrogens with one attached hydrogen (secondary N) is 1. The molecule has 8 nitrogen and oxygen atoms in total. The number of benzene rings is 2. The van der Waals surface area contributed by atoms with Gasteiger partial charge in [0.25, 0.3) is 5.91 Å². The minimum Gasteiger partial charge on any atom is -0.497 e. The van der Waals surface area contributed by atoms with Crippen molar-refractivity contribution in [1.29, 1.82) is 0 Å². The Morgan fingerprint density at radius 3 is 2.58 bits per heavy atom. The van der Waals surface area contributed by atoms with Gasteiger partial charge in [0.2, 0.25) is 0 Å². The largest absolute Gasteiger partial charge is 0.497 e. The van der Waals surface area contributed by atoms with E-state index in [1.165, 1.54) is 0 Å². The maximum atomic E-state index is 12.3. The third kappa shape index (κ3) is 4.37. The Morgan fingerprint density at radius 2 is 1.87 bits per heavy atom. The van der Waals surface area contributed by atoms with Crippen LogP contribution < -0.4 is 25.3 Å². The Labute approximate surface area is 179 Å². The predicted molar refractivity (Wildman–Crippen MR) is 119 cm³/mol. The Kier molecular flexibility index (Phi) is 5.61. The van der Waals surface area contributed by atoms with Crippen LogP contribution in [0.25, 0.3) is 16.9 Å². The van der Waals surface area contributed by atoms with Gasteiger partial charge < -0.3 is 29.7 Å². The Morgan fingerprint density at radius 1 is 1.06 bits per heavy atom. The van der Waals surface area contributed by atoms with Crippen molar-refractivity contribution in [2.24, 2.45) is 0 Å². The number of anilines is 2. The van der Waals surface area contributed by atoms with Crippen LogP contribution in [0.3, 0.4) is 0 Å². The van der Waals surface area contributed by atoms with E-state index in [4.69, 9.17) is 19.9 Å². The molecule has 31 heavy (non-hydrogen) atoms. The summed E-state index contributed by atoms with van der Waals surface area (Å²) in [5, 5.41) is 2.79. The number of pyridine rings is 1. The lowest BCUT2D eigenvalue weighted by Crippen LogP contribution is -2.20. The van der Waals surface area contributed by atoms with E-state index in [2.05, 4.69) is 10.3 Å².